The molecule has 13 heteroatoms. The topological polar surface area (TPSA) is 144 Å². The van der Waals surface area contributed by atoms with Gasteiger partial charge in [-0.3, -0.25) is 34.6 Å². The van der Waals surface area contributed by atoms with Crippen LogP contribution in [-0.2, 0) is 16.1 Å². The van der Waals surface area contributed by atoms with Crippen LogP contribution in [0.3, 0.4) is 0 Å². The number of nitro benzene ring substituents is 2. The van der Waals surface area contributed by atoms with Crippen molar-refractivity contribution in [2.75, 3.05) is 0 Å². The number of benzene rings is 2. The van der Waals surface area contributed by atoms with E-state index in [2.05, 4.69) is 31.9 Å². The van der Waals surface area contributed by atoms with Crippen LogP contribution in [0.2, 0.25) is 0 Å². The van der Waals surface area contributed by atoms with Crippen LogP contribution in [0, 0.1) is 43.9 Å². The first-order valence-corrected chi connectivity index (χ1v) is 12.9. The van der Waals surface area contributed by atoms with Gasteiger partial charge in [-0.25, -0.2) is 5.01 Å². The molecule has 5 rings (SSSR count). The summed E-state index contributed by atoms with van der Waals surface area (Å²) in [4.78, 5) is 61.7. The van der Waals surface area contributed by atoms with Crippen LogP contribution in [0.25, 0.3) is 0 Å². The maximum Gasteiger partial charge on any atom is 0.273 e. The van der Waals surface area contributed by atoms with Crippen LogP contribution < -0.4 is 0 Å². The van der Waals surface area contributed by atoms with Gasteiger partial charge in [-0.05, 0) is 36.0 Å². The fraction of sp³-hybridized carbons (Fsp3) is 0.348. The van der Waals surface area contributed by atoms with Crippen molar-refractivity contribution < 1.29 is 24.2 Å². The minimum absolute atomic E-state index is 0.0222. The fourth-order valence-electron chi connectivity index (χ4n) is 5.58. The largest absolute Gasteiger partial charge is 0.273 e. The first-order valence-electron chi connectivity index (χ1n) is 11.1. The number of carbonyl (C=O) groups excluding carboxylic acids is 3. The number of amides is 3. The third-order valence-corrected chi connectivity index (χ3v) is 10.5. The van der Waals surface area contributed by atoms with Crippen molar-refractivity contribution in [3.8, 4) is 0 Å². The predicted octanol–water partition coefficient (Wildman–Crippen LogP) is 3.84. The summed E-state index contributed by atoms with van der Waals surface area (Å²) >= 11 is 7.28. The molecule has 1 saturated heterocycles. The number of halogens is 2. The van der Waals surface area contributed by atoms with E-state index in [1.165, 1.54) is 48.5 Å². The maximum absolute atomic E-state index is 13.6. The molecule has 2 bridgehead atoms. The second-order valence-corrected chi connectivity index (χ2v) is 11.2. The van der Waals surface area contributed by atoms with Gasteiger partial charge in [-0.1, -0.05) is 44.0 Å². The molecular formula is C23H18Br2N4O7. The molecule has 186 valence electrons. The zero-order valence-corrected chi connectivity index (χ0v) is 21.6. The van der Waals surface area contributed by atoms with Crippen LogP contribution in [0.4, 0.5) is 11.4 Å². The Morgan fingerprint density at radius 3 is 1.75 bits per heavy atom. The van der Waals surface area contributed by atoms with Gasteiger partial charge in [0.25, 0.3) is 29.1 Å². The third kappa shape index (κ3) is 3.81. The Labute approximate surface area is 221 Å². The molecule has 0 N–H and O–H groups in total. The van der Waals surface area contributed by atoms with Gasteiger partial charge in [0.15, 0.2) is 0 Å². The summed E-state index contributed by atoms with van der Waals surface area (Å²) in [5.74, 6) is -2.82. The van der Waals surface area contributed by atoms with Crippen LogP contribution in [0.5, 0.6) is 0 Å². The number of rotatable bonds is 6. The molecule has 3 fully saturated rings. The average Bonchev–Trinajstić information content (AvgIpc) is 3.47. The van der Waals surface area contributed by atoms with E-state index in [9.17, 15) is 34.6 Å². The number of alkyl halides is 2. The fourth-order valence-corrected chi connectivity index (χ4v) is 7.45. The quantitative estimate of drug-likeness (QED) is 0.206. The summed E-state index contributed by atoms with van der Waals surface area (Å²) in [6.07, 6.45) is 0.727. The van der Waals surface area contributed by atoms with Gasteiger partial charge in [0.1, 0.15) is 0 Å². The molecule has 2 aliphatic carbocycles. The number of imide groups is 1. The molecule has 6 atom stereocenters. The van der Waals surface area contributed by atoms with Crippen molar-refractivity contribution in [3.05, 3.63) is 79.9 Å². The van der Waals surface area contributed by atoms with Gasteiger partial charge in [0.05, 0.1) is 28.2 Å². The second-order valence-electron chi connectivity index (χ2n) is 9.08. The molecule has 2 aromatic carbocycles. The van der Waals surface area contributed by atoms with E-state index in [1.54, 1.807) is 0 Å². The minimum atomic E-state index is -0.692. The zero-order chi connectivity index (χ0) is 25.9. The lowest BCUT2D eigenvalue weighted by Crippen LogP contribution is -2.50. The molecule has 36 heavy (non-hydrogen) atoms. The average molecular weight is 622 g/mol. The minimum Gasteiger partial charge on any atom is -0.272 e. The number of hydrogen-bond donors (Lipinski definition) is 0. The van der Waals surface area contributed by atoms with E-state index in [0.29, 0.717) is 5.56 Å². The van der Waals surface area contributed by atoms with Crippen molar-refractivity contribution >= 4 is 61.0 Å². The Morgan fingerprint density at radius 1 is 0.861 bits per heavy atom. The normalized spacial score (nSPS) is 28.3. The Hall–Kier alpha value is -3.19. The Kier molecular flexibility index (Phi) is 6.15. The third-order valence-electron chi connectivity index (χ3n) is 7.24. The highest BCUT2D eigenvalue weighted by molar-refractivity contribution is 9.12. The van der Waals surface area contributed by atoms with Crippen LogP contribution >= 0.6 is 31.9 Å². The molecule has 0 spiro atoms. The molecule has 0 radical (unpaired) electrons. The SMILES string of the molecule is O=C(c1ccc([N+](=O)[O-])cc1)N(Cc1ccc([N+](=O)[O-])cc1)N1C(=O)[C@@H]2[C@H]3C[C@@H]([C@H](Br)[C@H]3Br)[C@@H]2C1=O. The predicted molar refractivity (Wildman–Crippen MR) is 132 cm³/mol. The van der Waals surface area contributed by atoms with Gasteiger partial charge in [0.2, 0.25) is 0 Å². The first-order chi connectivity index (χ1) is 17.1. The molecule has 11 nitrogen and oxygen atoms in total. The Morgan fingerprint density at radius 2 is 1.31 bits per heavy atom. The summed E-state index contributed by atoms with van der Waals surface area (Å²) in [6, 6.07) is 10.3. The standard InChI is InChI=1S/C23H18Br2N4O7/c24-19-15-9-16(20(19)25)18-17(15)22(31)27(23(18)32)26(10-11-1-5-13(6-2-11)28(33)34)21(30)12-3-7-14(8-4-12)29(35)36/h1-8,15-20H,9-10H2/t15-,16-,17-,18+,19+,20+/m1/s1. The zero-order valence-electron chi connectivity index (χ0n) is 18.4. The van der Waals surface area contributed by atoms with Gasteiger partial charge in [-0.2, -0.15) is 5.01 Å². The number of nitro groups is 2. The van der Waals surface area contributed by atoms with E-state index < -0.39 is 39.4 Å². The Bertz CT molecular complexity index is 1250. The molecule has 1 aliphatic heterocycles. The van der Waals surface area contributed by atoms with Crippen molar-refractivity contribution in [2.24, 2.45) is 23.7 Å². The summed E-state index contributed by atoms with van der Waals surface area (Å²) in [5.41, 5.74) is 0.172. The van der Waals surface area contributed by atoms with E-state index in [4.69, 9.17) is 0 Å². The number of hydrogen-bond acceptors (Lipinski definition) is 7. The lowest BCUT2D eigenvalue weighted by atomic mass is 9.81. The van der Waals surface area contributed by atoms with E-state index in [1.807, 2.05) is 0 Å². The molecule has 3 aliphatic rings. The first kappa shape index (κ1) is 24.5. The van der Waals surface area contributed by atoms with Crippen LogP contribution in [0.1, 0.15) is 22.3 Å². The highest BCUT2D eigenvalue weighted by Gasteiger charge is 2.67. The molecule has 3 amide bonds. The lowest BCUT2D eigenvalue weighted by Gasteiger charge is -2.31. The van der Waals surface area contributed by atoms with Gasteiger partial charge >= 0.3 is 0 Å². The molecular weight excluding hydrogens is 604 g/mol. The van der Waals surface area contributed by atoms with Crippen molar-refractivity contribution in [1.29, 1.82) is 0 Å². The number of hydrazine groups is 1. The molecule has 2 saturated carbocycles. The maximum atomic E-state index is 13.6. The summed E-state index contributed by atoms with van der Waals surface area (Å²) in [5, 5.41) is 24.0. The molecule has 0 unspecified atom stereocenters. The number of nitrogens with zero attached hydrogens (tertiary/aromatic N) is 4. The number of non-ortho nitro benzene ring substituents is 2. The highest BCUT2D eigenvalue weighted by atomic mass is 79.9. The van der Waals surface area contributed by atoms with Crippen LogP contribution in [0.15, 0.2) is 48.5 Å². The van der Waals surface area contributed by atoms with Crippen LogP contribution in [-0.4, -0.2) is 47.2 Å². The number of fused-ring (bicyclic) bond motifs is 5. The number of carbonyl (C=O) groups is 3. The second kappa shape index (κ2) is 9.04. The summed E-state index contributed by atoms with van der Waals surface area (Å²) in [6.45, 7) is -0.199. The lowest BCUT2D eigenvalue weighted by molar-refractivity contribution is -0.385. The van der Waals surface area contributed by atoms with Gasteiger partial charge in [-0.15, -0.1) is 0 Å². The monoisotopic (exact) mass is 620 g/mol. The Balaban J connectivity index is 1.51. The van der Waals surface area contributed by atoms with Gasteiger partial charge < -0.3 is 0 Å². The molecule has 1 heterocycles. The van der Waals surface area contributed by atoms with Gasteiger partial charge in [0, 0.05) is 39.5 Å². The molecule has 0 aromatic heterocycles. The highest BCUT2D eigenvalue weighted by Crippen LogP contribution is 2.60. The summed E-state index contributed by atoms with van der Waals surface area (Å²) < 4.78 is 0. The van der Waals surface area contributed by atoms with Crippen molar-refractivity contribution in [2.45, 2.75) is 22.6 Å². The molecule has 2 aromatic rings. The van der Waals surface area contributed by atoms with Crippen molar-refractivity contribution in [1.82, 2.24) is 10.0 Å². The van der Waals surface area contributed by atoms with E-state index in [0.717, 1.165) is 16.4 Å². The summed E-state index contributed by atoms with van der Waals surface area (Å²) in [7, 11) is 0. The van der Waals surface area contributed by atoms with Crippen molar-refractivity contribution in [3.63, 3.8) is 0 Å². The smallest absolute Gasteiger partial charge is 0.272 e. The van der Waals surface area contributed by atoms with E-state index in [-0.39, 0.29) is 45.0 Å². The van der Waals surface area contributed by atoms with E-state index >= 15 is 0 Å².